The Bertz CT molecular complexity index is 188. The minimum absolute atomic E-state index is 0.244. The van der Waals surface area contributed by atoms with Crippen LogP contribution in [0.1, 0.15) is 6.92 Å². The van der Waals surface area contributed by atoms with Gasteiger partial charge in [0.15, 0.2) is 5.16 Å². The van der Waals surface area contributed by atoms with Crippen molar-refractivity contribution in [1.82, 2.24) is 9.97 Å². The largest absolute Gasteiger partial charge is 0.396 e. The van der Waals surface area contributed by atoms with Gasteiger partial charge in [-0.25, -0.2) is 4.98 Å². The minimum atomic E-state index is 0.244. The highest BCUT2D eigenvalue weighted by Crippen LogP contribution is 2.15. The summed E-state index contributed by atoms with van der Waals surface area (Å²) >= 11 is 1.63. The quantitative estimate of drug-likeness (QED) is 0.669. The Morgan fingerprint density at radius 2 is 2.64 bits per heavy atom. The van der Waals surface area contributed by atoms with Crippen LogP contribution in [-0.4, -0.2) is 27.4 Å². The van der Waals surface area contributed by atoms with E-state index in [1.807, 2.05) is 6.92 Å². The van der Waals surface area contributed by atoms with Crippen molar-refractivity contribution in [2.24, 2.45) is 5.92 Å². The van der Waals surface area contributed by atoms with Crippen LogP contribution in [0.4, 0.5) is 0 Å². The molecule has 62 valence electrons. The van der Waals surface area contributed by atoms with Crippen LogP contribution in [0, 0.1) is 5.92 Å². The molecular formula is C7H12N2OS. The predicted octanol–water partition coefficient (Wildman–Crippen LogP) is 1.13. The SMILES string of the molecule is CC(CO)CSc1ncc[nH]1. The number of aromatic amines is 1. The Hall–Kier alpha value is -0.480. The fourth-order valence-electron chi connectivity index (χ4n) is 0.604. The highest BCUT2D eigenvalue weighted by molar-refractivity contribution is 7.99. The molecule has 2 N–H and O–H groups in total. The smallest absolute Gasteiger partial charge is 0.165 e. The van der Waals surface area contributed by atoms with Gasteiger partial charge in [0.25, 0.3) is 0 Å². The first-order valence-electron chi connectivity index (χ1n) is 3.56. The fourth-order valence-corrected chi connectivity index (χ4v) is 1.44. The van der Waals surface area contributed by atoms with Gasteiger partial charge in [-0.15, -0.1) is 0 Å². The Balaban J connectivity index is 2.23. The van der Waals surface area contributed by atoms with Crippen molar-refractivity contribution in [2.75, 3.05) is 12.4 Å². The third-order valence-electron chi connectivity index (χ3n) is 1.29. The molecule has 1 atom stereocenters. The molecule has 0 aliphatic rings. The van der Waals surface area contributed by atoms with E-state index < -0.39 is 0 Å². The van der Waals surface area contributed by atoms with Crippen LogP contribution < -0.4 is 0 Å². The Morgan fingerprint density at radius 1 is 1.82 bits per heavy atom. The van der Waals surface area contributed by atoms with E-state index >= 15 is 0 Å². The monoisotopic (exact) mass is 172 g/mol. The van der Waals surface area contributed by atoms with Crippen molar-refractivity contribution in [3.05, 3.63) is 12.4 Å². The zero-order valence-electron chi connectivity index (χ0n) is 6.45. The third-order valence-corrected chi connectivity index (χ3v) is 2.52. The number of nitrogens with zero attached hydrogens (tertiary/aromatic N) is 1. The number of aliphatic hydroxyl groups is 1. The molecule has 0 aromatic carbocycles. The number of H-pyrrole nitrogens is 1. The number of thioether (sulfide) groups is 1. The van der Waals surface area contributed by atoms with Gasteiger partial charge in [0.1, 0.15) is 0 Å². The van der Waals surface area contributed by atoms with Crippen molar-refractivity contribution in [2.45, 2.75) is 12.1 Å². The molecular weight excluding hydrogens is 160 g/mol. The Morgan fingerprint density at radius 3 is 3.18 bits per heavy atom. The van der Waals surface area contributed by atoms with Gasteiger partial charge in [-0.05, 0) is 5.92 Å². The van der Waals surface area contributed by atoms with Crippen molar-refractivity contribution >= 4 is 11.8 Å². The Kier molecular flexibility index (Phi) is 3.45. The number of rotatable bonds is 4. The van der Waals surface area contributed by atoms with E-state index in [9.17, 15) is 0 Å². The standard InChI is InChI=1S/C7H12N2OS/c1-6(4-10)5-11-7-8-2-3-9-7/h2-3,6,10H,4-5H2,1H3,(H,8,9). The van der Waals surface area contributed by atoms with E-state index in [0.717, 1.165) is 10.9 Å². The van der Waals surface area contributed by atoms with E-state index in [0.29, 0.717) is 5.92 Å². The molecule has 0 bridgehead atoms. The van der Waals surface area contributed by atoms with Crippen molar-refractivity contribution in [3.63, 3.8) is 0 Å². The summed E-state index contributed by atoms with van der Waals surface area (Å²) in [5.74, 6) is 1.24. The lowest BCUT2D eigenvalue weighted by Crippen LogP contribution is -2.03. The summed E-state index contributed by atoms with van der Waals surface area (Å²) in [6, 6.07) is 0. The molecule has 0 aliphatic heterocycles. The van der Waals surface area contributed by atoms with E-state index in [1.54, 1.807) is 24.2 Å². The Labute approximate surface area is 70.2 Å². The summed E-state index contributed by atoms with van der Waals surface area (Å²) in [7, 11) is 0. The maximum Gasteiger partial charge on any atom is 0.165 e. The minimum Gasteiger partial charge on any atom is -0.396 e. The molecule has 11 heavy (non-hydrogen) atoms. The summed E-state index contributed by atoms with van der Waals surface area (Å²) in [6.07, 6.45) is 3.53. The van der Waals surface area contributed by atoms with Gasteiger partial charge in [-0.2, -0.15) is 0 Å². The number of aromatic nitrogens is 2. The van der Waals surface area contributed by atoms with Gasteiger partial charge >= 0.3 is 0 Å². The average Bonchev–Trinajstić information content (AvgIpc) is 2.52. The van der Waals surface area contributed by atoms with Gasteiger partial charge in [0.2, 0.25) is 0 Å². The molecule has 4 heteroatoms. The molecule has 0 saturated carbocycles. The van der Waals surface area contributed by atoms with Crippen LogP contribution >= 0.6 is 11.8 Å². The number of imidazole rings is 1. The lowest BCUT2D eigenvalue weighted by Gasteiger charge is -2.03. The topological polar surface area (TPSA) is 48.9 Å². The van der Waals surface area contributed by atoms with Crippen LogP contribution in [0.2, 0.25) is 0 Å². The van der Waals surface area contributed by atoms with E-state index in [1.165, 1.54) is 0 Å². The number of nitrogens with one attached hydrogen (secondary N) is 1. The molecule has 0 radical (unpaired) electrons. The lowest BCUT2D eigenvalue weighted by atomic mass is 10.2. The predicted molar refractivity (Wildman–Crippen MR) is 45.6 cm³/mol. The van der Waals surface area contributed by atoms with Gasteiger partial charge in [-0.3, -0.25) is 0 Å². The second kappa shape index (κ2) is 4.41. The second-order valence-corrected chi connectivity index (χ2v) is 3.50. The van der Waals surface area contributed by atoms with E-state index in [4.69, 9.17) is 5.11 Å². The first-order valence-corrected chi connectivity index (χ1v) is 4.54. The van der Waals surface area contributed by atoms with Crippen molar-refractivity contribution < 1.29 is 5.11 Å². The van der Waals surface area contributed by atoms with Gasteiger partial charge in [0, 0.05) is 24.8 Å². The van der Waals surface area contributed by atoms with E-state index in [-0.39, 0.29) is 6.61 Å². The molecule has 1 aromatic heterocycles. The van der Waals surface area contributed by atoms with Gasteiger partial charge < -0.3 is 10.1 Å². The number of hydrogen-bond acceptors (Lipinski definition) is 3. The highest BCUT2D eigenvalue weighted by Gasteiger charge is 2.01. The van der Waals surface area contributed by atoms with Crippen LogP contribution in [0.5, 0.6) is 0 Å². The molecule has 1 unspecified atom stereocenters. The fraction of sp³-hybridized carbons (Fsp3) is 0.571. The van der Waals surface area contributed by atoms with Gasteiger partial charge in [-0.1, -0.05) is 18.7 Å². The average molecular weight is 172 g/mol. The van der Waals surface area contributed by atoms with Crippen molar-refractivity contribution in [1.29, 1.82) is 0 Å². The molecule has 3 nitrogen and oxygen atoms in total. The summed E-state index contributed by atoms with van der Waals surface area (Å²) in [6.45, 7) is 2.25. The maximum atomic E-state index is 8.72. The van der Waals surface area contributed by atoms with Crippen LogP contribution in [0.25, 0.3) is 0 Å². The van der Waals surface area contributed by atoms with Gasteiger partial charge in [0.05, 0.1) is 0 Å². The van der Waals surface area contributed by atoms with E-state index in [2.05, 4.69) is 9.97 Å². The zero-order valence-corrected chi connectivity index (χ0v) is 7.27. The molecule has 0 spiro atoms. The summed E-state index contributed by atoms with van der Waals surface area (Å²) in [5, 5.41) is 9.64. The third kappa shape index (κ3) is 2.95. The first kappa shape index (κ1) is 8.62. The molecule has 0 amide bonds. The zero-order chi connectivity index (χ0) is 8.10. The number of hydrogen-bond donors (Lipinski definition) is 2. The molecule has 1 rings (SSSR count). The highest BCUT2D eigenvalue weighted by atomic mass is 32.2. The lowest BCUT2D eigenvalue weighted by molar-refractivity contribution is 0.250. The van der Waals surface area contributed by atoms with Crippen LogP contribution in [0.15, 0.2) is 17.6 Å². The first-order chi connectivity index (χ1) is 5.33. The van der Waals surface area contributed by atoms with Crippen molar-refractivity contribution in [3.8, 4) is 0 Å². The molecule has 0 aliphatic carbocycles. The van der Waals surface area contributed by atoms with Crippen LogP contribution in [0.3, 0.4) is 0 Å². The molecule has 0 fully saturated rings. The molecule has 1 aromatic rings. The molecule has 0 saturated heterocycles. The summed E-state index contributed by atoms with van der Waals surface area (Å²) in [5.41, 5.74) is 0. The normalized spacial score (nSPS) is 13.3. The molecule has 1 heterocycles. The summed E-state index contributed by atoms with van der Waals surface area (Å²) < 4.78 is 0. The number of aliphatic hydroxyl groups excluding tert-OH is 1. The summed E-state index contributed by atoms with van der Waals surface area (Å²) in [4.78, 5) is 7.04. The maximum absolute atomic E-state index is 8.72. The van der Waals surface area contributed by atoms with Crippen LogP contribution in [-0.2, 0) is 0 Å². The second-order valence-electron chi connectivity index (χ2n) is 2.49.